The van der Waals surface area contributed by atoms with E-state index in [1.165, 1.54) is 6.92 Å². The predicted octanol–water partition coefficient (Wildman–Crippen LogP) is 6.93. The van der Waals surface area contributed by atoms with Crippen molar-refractivity contribution in [3.05, 3.63) is 70.7 Å². The molecule has 7 rings (SSSR count). The molecule has 1 aromatic carbocycles. The van der Waals surface area contributed by atoms with Gasteiger partial charge < -0.3 is 14.5 Å². The van der Waals surface area contributed by atoms with Crippen LogP contribution in [0.2, 0.25) is 0 Å². The predicted molar refractivity (Wildman–Crippen MR) is 209 cm³/mol. The van der Waals surface area contributed by atoms with Crippen molar-refractivity contribution >= 4 is 34.5 Å². The second-order valence-corrected chi connectivity index (χ2v) is 17.0. The van der Waals surface area contributed by atoms with E-state index in [1.54, 1.807) is 22.0 Å². The number of benzene rings is 1. The number of ether oxygens (including phenoxy) is 1. The van der Waals surface area contributed by atoms with Gasteiger partial charge in [0, 0.05) is 60.5 Å². The van der Waals surface area contributed by atoms with Gasteiger partial charge in [0.15, 0.2) is 11.6 Å². The third kappa shape index (κ3) is 8.04. The highest BCUT2D eigenvalue weighted by molar-refractivity contribution is 6.07. The Labute approximate surface area is 323 Å². The fraction of sp³-hybridized carbons (Fsp3) is 0.535. The first kappa shape index (κ1) is 38.3. The molecule has 2 bridgehead atoms. The molecule has 4 aromatic rings. The summed E-state index contributed by atoms with van der Waals surface area (Å²) in [5.74, 6) is 0.175. The number of carbonyl (C=O) groups excluding carboxylic acids is 4. The van der Waals surface area contributed by atoms with Crippen LogP contribution in [0, 0.1) is 26.2 Å². The van der Waals surface area contributed by atoms with Gasteiger partial charge in [-0.2, -0.15) is 5.10 Å². The molecule has 1 saturated heterocycles. The van der Waals surface area contributed by atoms with Crippen LogP contribution in [-0.4, -0.2) is 88.9 Å². The van der Waals surface area contributed by atoms with Crippen molar-refractivity contribution in [3.8, 4) is 11.1 Å². The Balaban J connectivity index is 1.29. The molecule has 3 atom stereocenters. The van der Waals surface area contributed by atoms with Crippen molar-refractivity contribution in [1.82, 2.24) is 34.5 Å². The molecule has 12 nitrogen and oxygen atoms in total. The maximum Gasteiger partial charge on any atom is 0.410 e. The molecule has 2 fully saturated rings. The minimum Gasteiger partial charge on any atom is -0.444 e. The summed E-state index contributed by atoms with van der Waals surface area (Å²) in [5, 5.41) is 5.50. The molecular weight excluding hydrogens is 695 g/mol. The van der Waals surface area contributed by atoms with E-state index in [2.05, 4.69) is 21.0 Å². The number of aryl methyl sites for hydroxylation is 4. The molecule has 1 aliphatic carbocycles. The lowest BCUT2D eigenvalue weighted by Crippen LogP contribution is -2.45. The maximum absolute atomic E-state index is 14.8. The van der Waals surface area contributed by atoms with Gasteiger partial charge in [-0.1, -0.05) is 25.3 Å². The summed E-state index contributed by atoms with van der Waals surface area (Å²) in [5.41, 5.74) is 5.16. The number of Topliss-reactive ketones (excluding diaryl/α,β-unsaturated/α-hetero) is 2. The largest absolute Gasteiger partial charge is 0.444 e. The van der Waals surface area contributed by atoms with E-state index >= 15 is 0 Å². The average molecular weight is 748 g/mol. The number of aromatic nitrogens is 5. The SMILES string of the molecule is CC(=O)c1nn2c3c(cc(-c4cnc(C)nc4)cc13)CCCCCCCN(C(=O)OC(C)(C)C)C[C@@]13C[C@@H](C(=O)Cc4nc(C)ccc4C)N(C(=O)C2)[C@@H]1C3. The topological polar surface area (TPSA) is 140 Å². The molecule has 1 saturated carbocycles. The summed E-state index contributed by atoms with van der Waals surface area (Å²) < 4.78 is 7.57. The Kier molecular flexibility index (Phi) is 10.4. The van der Waals surface area contributed by atoms with E-state index in [9.17, 15) is 19.2 Å². The normalized spacial score (nSPS) is 22.0. The highest BCUT2D eigenvalue weighted by atomic mass is 16.6. The zero-order valence-corrected chi connectivity index (χ0v) is 33.3. The number of hydrogen-bond donors (Lipinski definition) is 0. The van der Waals surface area contributed by atoms with Crippen molar-refractivity contribution in [2.75, 3.05) is 13.1 Å². The molecule has 0 radical (unpaired) electrons. The van der Waals surface area contributed by atoms with Crippen LogP contribution >= 0.6 is 0 Å². The fourth-order valence-corrected chi connectivity index (χ4v) is 8.61. The van der Waals surface area contributed by atoms with Gasteiger partial charge in [0.2, 0.25) is 5.91 Å². The molecule has 55 heavy (non-hydrogen) atoms. The Morgan fingerprint density at radius 3 is 2.40 bits per heavy atom. The molecular formula is C43H53N7O5. The smallest absolute Gasteiger partial charge is 0.410 e. The standard InChI is InChI=1S/C43H53N7O5/c1-26-14-15-27(2)46-34(26)19-36(52)35-20-43-21-37(43)50(35)38(53)24-49-40-30(13-11-9-8-10-12-16-48(25-43)41(54)55-42(5,6)7)17-31(32-22-44-29(4)45-23-32)18-33(40)39(47-49)28(3)51/h14-15,17-18,22-23,35,37H,8-13,16,19-21,24-25H2,1-7H3/t35-,37+,43-/m0/s1. The number of rotatable bonds is 5. The van der Waals surface area contributed by atoms with Gasteiger partial charge in [0.1, 0.15) is 23.7 Å². The average Bonchev–Trinajstić information content (AvgIpc) is 3.51. The van der Waals surface area contributed by atoms with Gasteiger partial charge >= 0.3 is 6.09 Å². The molecule has 290 valence electrons. The molecule has 5 heterocycles. The summed E-state index contributed by atoms with van der Waals surface area (Å²) >= 11 is 0. The Morgan fingerprint density at radius 1 is 0.945 bits per heavy atom. The van der Waals surface area contributed by atoms with Crippen molar-refractivity contribution in [3.63, 3.8) is 0 Å². The zero-order chi connectivity index (χ0) is 39.2. The van der Waals surface area contributed by atoms with Gasteiger partial charge in [-0.15, -0.1) is 0 Å². The first-order valence-electron chi connectivity index (χ1n) is 19.7. The van der Waals surface area contributed by atoms with E-state index in [0.717, 1.165) is 72.0 Å². The number of ketones is 2. The maximum atomic E-state index is 14.8. The molecule has 0 N–H and O–H groups in total. The molecule has 2 amide bonds. The minimum atomic E-state index is -0.686. The molecule has 2 aliphatic heterocycles. The molecule has 12 heteroatoms. The van der Waals surface area contributed by atoms with Crippen molar-refractivity contribution in [1.29, 1.82) is 0 Å². The minimum absolute atomic E-state index is 0.0697. The van der Waals surface area contributed by atoms with Crippen molar-refractivity contribution in [2.24, 2.45) is 5.41 Å². The van der Waals surface area contributed by atoms with Gasteiger partial charge in [0.25, 0.3) is 0 Å². The first-order chi connectivity index (χ1) is 26.1. The summed E-state index contributed by atoms with van der Waals surface area (Å²) in [6.45, 7) is 13.6. The van der Waals surface area contributed by atoms with Crippen LogP contribution < -0.4 is 0 Å². The molecule has 3 aromatic heterocycles. The van der Waals surface area contributed by atoms with E-state index < -0.39 is 17.1 Å². The molecule has 3 aliphatic rings. The van der Waals surface area contributed by atoms with E-state index in [4.69, 9.17) is 9.84 Å². The lowest BCUT2D eigenvalue weighted by Gasteiger charge is -2.30. The quantitative estimate of drug-likeness (QED) is 0.199. The van der Waals surface area contributed by atoms with Crippen molar-refractivity contribution < 1.29 is 23.9 Å². The van der Waals surface area contributed by atoms with E-state index in [0.29, 0.717) is 48.5 Å². The van der Waals surface area contributed by atoms with E-state index in [1.807, 2.05) is 64.6 Å². The van der Waals surface area contributed by atoms with Gasteiger partial charge in [0.05, 0.1) is 23.7 Å². The van der Waals surface area contributed by atoms with Crippen LogP contribution in [-0.2, 0) is 33.7 Å². The number of hydrogen-bond acceptors (Lipinski definition) is 9. The second-order valence-electron chi connectivity index (χ2n) is 17.0. The first-order valence-corrected chi connectivity index (χ1v) is 19.7. The highest BCUT2D eigenvalue weighted by Crippen LogP contribution is 2.60. The second kappa shape index (κ2) is 14.9. The molecule has 0 unspecified atom stereocenters. The third-order valence-corrected chi connectivity index (χ3v) is 11.4. The fourth-order valence-electron chi connectivity index (χ4n) is 8.61. The zero-order valence-electron chi connectivity index (χ0n) is 33.3. The number of pyridine rings is 1. The number of amides is 2. The molecule has 0 spiro atoms. The van der Waals surface area contributed by atoms with Crippen LogP contribution in [0.15, 0.2) is 36.7 Å². The third-order valence-electron chi connectivity index (χ3n) is 11.4. The van der Waals surface area contributed by atoms with E-state index in [-0.39, 0.29) is 42.6 Å². The lowest BCUT2D eigenvalue weighted by molar-refractivity contribution is -0.139. The van der Waals surface area contributed by atoms with Crippen LogP contribution in [0.1, 0.15) is 111 Å². The van der Waals surface area contributed by atoms with Gasteiger partial charge in [-0.05, 0) is 109 Å². The monoisotopic (exact) mass is 747 g/mol. The summed E-state index contributed by atoms with van der Waals surface area (Å²) in [4.78, 5) is 73.1. The number of carbonyl (C=O) groups is 4. The number of nitrogens with zero attached hydrogens (tertiary/aromatic N) is 7. The van der Waals surface area contributed by atoms with Crippen LogP contribution in [0.4, 0.5) is 4.79 Å². The summed E-state index contributed by atoms with van der Waals surface area (Å²) in [6.07, 6.45) is 9.84. The Morgan fingerprint density at radius 2 is 1.67 bits per heavy atom. The van der Waals surface area contributed by atoms with Gasteiger partial charge in [-0.25, -0.2) is 14.8 Å². The number of piperidine rings is 1. The van der Waals surface area contributed by atoms with Crippen LogP contribution in [0.5, 0.6) is 0 Å². The van der Waals surface area contributed by atoms with Crippen LogP contribution in [0.3, 0.4) is 0 Å². The summed E-state index contributed by atoms with van der Waals surface area (Å²) in [7, 11) is 0. The van der Waals surface area contributed by atoms with Gasteiger partial charge in [-0.3, -0.25) is 24.0 Å². The highest BCUT2D eigenvalue weighted by Gasteiger charge is 2.67. The Hall–Kier alpha value is -5.00. The Bertz CT molecular complexity index is 2150. The summed E-state index contributed by atoms with van der Waals surface area (Å²) in [6, 6.07) is 7.06. The lowest BCUT2D eigenvalue weighted by atomic mass is 9.94. The van der Waals surface area contributed by atoms with Crippen molar-refractivity contribution in [2.45, 2.75) is 130 Å². The van der Waals surface area contributed by atoms with Crippen LogP contribution in [0.25, 0.3) is 22.0 Å².